The first-order valence-corrected chi connectivity index (χ1v) is 10.3. The Morgan fingerprint density at radius 1 is 1.25 bits per heavy atom. The van der Waals surface area contributed by atoms with Gasteiger partial charge in [-0.1, -0.05) is 43.2 Å². The van der Waals surface area contributed by atoms with Crippen LogP contribution in [-0.2, 0) is 19.1 Å². The molecular weight excluding hydrogens is 352 g/mol. The van der Waals surface area contributed by atoms with E-state index in [0.29, 0.717) is 11.8 Å². The van der Waals surface area contributed by atoms with Gasteiger partial charge in [0.15, 0.2) is 18.2 Å². The zero-order valence-electron chi connectivity index (χ0n) is 16.9. The first-order chi connectivity index (χ1) is 13.3. The van der Waals surface area contributed by atoms with Crippen molar-refractivity contribution >= 4 is 17.5 Å². The number of fused-ring (bicyclic) bond motifs is 5. The van der Waals surface area contributed by atoms with Gasteiger partial charge in [0.05, 0.1) is 0 Å². The van der Waals surface area contributed by atoms with Crippen LogP contribution in [0.2, 0.25) is 0 Å². The normalized spacial score (nSPS) is 35.8. The van der Waals surface area contributed by atoms with Gasteiger partial charge >= 0.3 is 5.97 Å². The molecule has 4 heteroatoms. The number of Topliss-reactive ketones (excluding diaryl/α,β-unsaturated/α-hetero) is 1. The molecule has 0 amide bonds. The van der Waals surface area contributed by atoms with Crippen molar-refractivity contribution < 1.29 is 19.1 Å². The number of hydrogen-bond donors (Lipinski definition) is 0. The molecule has 28 heavy (non-hydrogen) atoms. The zero-order valence-corrected chi connectivity index (χ0v) is 16.9. The average molecular weight is 380 g/mol. The largest absolute Gasteiger partial charge is 0.457 e. The summed E-state index contributed by atoms with van der Waals surface area (Å²) in [6.45, 7) is 5.99. The van der Waals surface area contributed by atoms with Gasteiger partial charge in [-0.2, -0.15) is 0 Å². The summed E-state index contributed by atoms with van der Waals surface area (Å²) >= 11 is 0. The van der Waals surface area contributed by atoms with E-state index in [-0.39, 0.29) is 41.4 Å². The van der Waals surface area contributed by atoms with Crippen LogP contribution in [0.1, 0.15) is 52.9 Å². The van der Waals surface area contributed by atoms with E-state index in [1.807, 2.05) is 6.08 Å². The van der Waals surface area contributed by atoms with Gasteiger partial charge in [-0.25, -0.2) is 0 Å². The molecule has 4 atom stereocenters. The quantitative estimate of drug-likeness (QED) is 0.540. The summed E-state index contributed by atoms with van der Waals surface area (Å²) in [4.78, 5) is 36.1. The van der Waals surface area contributed by atoms with E-state index in [4.69, 9.17) is 4.74 Å². The fraction of sp³-hybridized carbons (Fsp3) is 0.542. The van der Waals surface area contributed by atoms with Crippen molar-refractivity contribution in [1.82, 2.24) is 0 Å². The number of hydrogen-bond acceptors (Lipinski definition) is 4. The Kier molecular flexibility index (Phi) is 4.56. The molecule has 0 radical (unpaired) electrons. The standard InChI is InChI=1S/C24H28O4/c1-4-22(27)28-14-21(26)20-8-7-18-17-6-5-15-13-16(25)9-11-23(15,2)19(17)10-12-24(18,20)3/h8-11,13,17-18H,4-7,12,14H2,1-3H3/t17?,18?,23-,24-/m0/s1. The molecule has 0 aromatic carbocycles. The summed E-state index contributed by atoms with van der Waals surface area (Å²) in [6, 6.07) is 0. The van der Waals surface area contributed by atoms with E-state index in [2.05, 4.69) is 32.1 Å². The second-order valence-electron chi connectivity index (χ2n) is 8.93. The molecule has 4 aliphatic carbocycles. The van der Waals surface area contributed by atoms with Gasteiger partial charge in [0.25, 0.3) is 0 Å². The van der Waals surface area contributed by atoms with Crippen molar-refractivity contribution in [3.63, 3.8) is 0 Å². The molecule has 0 aromatic heterocycles. The Hall–Kier alpha value is -2.23. The lowest BCUT2D eigenvalue weighted by Crippen LogP contribution is -2.43. The van der Waals surface area contributed by atoms with Crippen molar-refractivity contribution in [2.45, 2.75) is 52.9 Å². The van der Waals surface area contributed by atoms with Crippen molar-refractivity contribution in [3.8, 4) is 0 Å². The van der Waals surface area contributed by atoms with Gasteiger partial charge in [0.2, 0.25) is 0 Å². The highest BCUT2D eigenvalue weighted by Gasteiger charge is 2.54. The van der Waals surface area contributed by atoms with Crippen molar-refractivity contribution in [3.05, 3.63) is 47.1 Å². The SMILES string of the molecule is CCC(=O)OCC(=O)C1=CCC2C3CCC4=CC(=O)C=C[C@]4(C)C3=CC[C@]12C. The minimum atomic E-state index is -0.336. The zero-order chi connectivity index (χ0) is 20.1. The number of carbonyl (C=O) groups excluding carboxylic acids is 3. The summed E-state index contributed by atoms with van der Waals surface area (Å²) < 4.78 is 5.10. The molecule has 0 aromatic rings. The topological polar surface area (TPSA) is 60.4 Å². The molecule has 1 fully saturated rings. The monoisotopic (exact) mass is 380 g/mol. The smallest absolute Gasteiger partial charge is 0.305 e. The predicted octanol–water partition coefficient (Wildman–Crippen LogP) is 4.27. The van der Waals surface area contributed by atoms with Crippen molar-refractivity contribution in [1.29, 1.82) is 0 Å². The molecule has 2 unspecified atom stereocenters. The highest BCUT2D eigenvalue weighted by molar-refractivity contribution is 6.01. The molecule has 1 saturated carbocycles. The first kappa shape index (κ1) is 19.1. The van der Waals surface area contributed by atoms with Crippen LogP contribution in [0.5, 0.6) is 0 Å². The fourth-order valence-electron chi connectivity index (χ4n) is 5.86. The van der Waals surface area contributed by atoms with E-state index >= 15 is 0 Å². The third-order valence-electron chi connectivity index (χ3n) is 7.48. The average Bonchev–Trinajstić information content (AvgIpc) is 3.03. The van der Waals surface area contributed by atoms with Crippen LogP contribution in [0.3, 0.4) is 0 Å². The lowest BCUT2D eigenvalue weighted by Gasteiger charge is -2.51. The molecule has 0 aliphatic heterocycles. The lowest BCUT2D eigenvalue weighted by atomic mass is 9.52. The predicted molar refractivity (Wildman–Crippen MR) is 106 cm³/mol. The van der Waals surface area contributed by atoms with E-state index in [1.54, 1.807) is 13.0 Å². The van der Waals surface area contributed by atoms with Crippen LogP contribution >= 0.6 is 0 Å². The first-order valence-electron chi connectivity index (χ1n) is 10.3. The van der Waals surface area contributed by atoms with Crippen LogP contribution < -0.4 is 0 Å². The molecule has 0 saturated heterocycles. The number of carbonyl (C=O) groups is 3. The maximum atomic E-state index is 12.8. The number of ether oxygens (including phenoxy) is 1. The van der Waals surface area contributed by atoms with Gasteiger partial charge in [-0.05, 0) is 56.6 Å². The molecule has 4 aliphatic rings. The molecular formula is C24H28O4. The Labute approximate surface area is 166 Å². The summed E-state index contributed by atoms with van der Waals surface area (Å²) in [5, 5.41) is 0. The molecule has 0 spiro atoms. The summed E-state index contributed by atoms with van der Waals surface area (Å²) in [6.07, 6.45) is 13.9. The van der Waals surface area contributed by atoms with Crippen LogP contribution in [0.15, 0.2) is 47.1 Å². The van der Waals surface area contributed by atoms with Gasteiger partial charge in [0, 0.05) is 22.8 Å². The molecule has 0 heterocycles. The summed E-state index contributed by atoms with van der Waals surface area (Å²) in [7, 11) is 0. The van der Waals surface area contributed by atoms with E-state index in [9.17, 15) is 14.4 Å². The Bertz CT molecular complexity index is 871. The van der Waals surface area contributed by atoms with Crippen LogP contribution in [-0.4, -0.2) is 24.1 Å². The Balaban J connectivity index is 1.60. The maximum absolute atomic E-state index is 12.8. The number of ketones is 2. The van der Waals surface area contributed by atoms with Gasteiger partial charge in [0.1, 0.15) is 0 Å². The second kappa shape index (κ2) is 6.68. The van der Waals surface area contributed by atoms with Gasteiger partial charge in [-0.15, -0.1) is 0 Å². The Morgan fingerprint density at radius 2 is 2.04 bits per heavy atom. The minimum absolute atomic E-state index is 0.0607. The van der Waals surface area contributed by atoms with Crippen LogP contribution in [0, 0.1) is 22.7 Å². The van der Waals surface area contributed by atoms with Gasteiger partial charge in [-0.3, -0.25) is 14.4 Å². The lowest BCUT2D eigenvalue weighted by molar-refractivity contribution is -0.147. The van der Waals surface area contributed by atoms with Gasteiger partial charge < -0.3 is 4.74 Å². The number of esters is 1. The van der Waals surface area contributed by atoms with Crippen LogP contribution in [0.25, 0.3) is 0 Å². The highest BCUT2D eigenvalue weighted by Crippen LogP contribution is 2.62. The molecule has 0 N–H and O–H groups in total. The molecule has 0 bridgehead atoms. The molecule has 4 rings (SSSR count). The third kappa shape index (κ3) is 2.76. The van der Waals surface area contributed by atoms with E-state index < -0.39 is 0 Å². The highest BCUT2D eigenvalue weighted by atomic mass is 16.5. The van der Waals surface area contributed by atoms with Crippen molar-refractivity contribution in [2.75, 3.05) is 6.61 Å². The van der Waals surface area contributed by atoms with E-state index in [0.717, 1.165) is 31.3 Å². The Morgan fingerprint density at radius 3 is 2.79 bits per heavy atom. The summed E-state index contributed by atoms with van der Waals surface area (Å²) in [5.74, 6) is 0.493. The number of allylic oxidation sites excluding steroid dienone is 7. The van der Waals surface area contributed by atoms with Crippen LogP contribution in [0.4, 0.5) is 0 Å². The minimum Gasteiger partial charge on any atom is -0.457 e. The fourth-order valence-corrected chi connectivity index (χ4v) is 5.86. The van der Waals surface area contributed by atoms with Crippen molar-refractivity contribution in [2.24, 2.45) is 22.7 Å². The summed E-state index contributed by atoms with van der Waals surface area (Å²) in [5.41, 5.74) is 3.10. The molecule has 4 nitrogen and oxygen atoms in total. The molecule has 148 valence electrons. The van der Waals surface area contributed by atoms with E-state index in [1.165, 1.54) is 11.1 Å². The third-order valence-corrected chi connectivity index (χ3v) is 7.48. The number of rotatable bonds is 4. The second-order valence-corrected chi connectivity index (χ2v) is 8.93. The maximum Gasteiger partial charge on any atom is 0.305 e.